The predicted molar refractivity (Wildman–Crippen MR) is 161 cm³/mol. The number of thiazole rings is 1. The lowest BCUT2D eigenvalue weighted by atomic mass is 9.96. The fourth-order valence-corrected chi connectivity index (χ4v) is 10.2. The van der Waals surface area contributed by atoms with Crippen molar-refractivity contribution < 1.29 is 17.9 Å². The zero-order valence-electron chi connectivity index (χ0n) is 23.0. The average molecular weight is 624 g/mol. The molecule has 0 atom stereocenters. The first-order chi connectivity index (χ1) is 20.2. The van der Waals surface area contributed by atoms with Crippen LogP contribution >= 0.6 is 22.7 Å². The Balaban J connectivity index is 1.37. The number of benzene rings is 1. The van der Waals surface area contributed by atoms with E-state index in [0.717, 1.165) is 71.0 Å². The number of aryl methyl sites for hydroxylation is 2. The molecule has 0 spiro atoms. The summed E-state index contributed by atoms with van der Waals surface area (Å²) in [6.07, 6.45) is 5.73. The highest BCUT2D eigenvalue weighted by Gasteiger charge is 2.49. The molecule has 0 bridgehead atoms. The number of carbonyl (C=O) groups excluding carboxylic acids is 1. The van der Waals surface area contributed by atoms with Crippen molar-refractivity contribution in [2.45, 2.75) is 81.5 Å². The van der Waals surface area contributed by atoms with Gasteiger partial charge in [0.15, 0.2) is 0 Å². The number of nitrogens with zero attached hydrogens (tertiary/aromatic N) is 4. The van der Waals surface area contributed by atoms with Gasteiger partial charge in [0.2, 0.25) is 10.0 Å². The van der Waals surface area contributed by atoms with E-state index in [0.29, 0.717) is 37.2 Å². The van der Waals surface area contributed by atoms with E-state index in [-0.39, 0.29) is 27.5 Å². The number of hydrogen-bond donors (Lipinski definition) is 0. The molecule has 4 heterocycles. The first kappa shape index (κ1) is 27.9. The van der Waals surface area contributed by atoms with Crippen LogP contribution in [0.5, 0.6) is 0 Å². The number of sulfonamides is 1. The Morgan fingerprint density at radius 1 is 1.07 bits per heavy atom. The minimum Gasteiger partial charge on any atom is -0.372 e. The van der Waals surface area contributed by atoms with E-state index in [1.165, 1.54) is 31.4 Å². The molecule has 1 radical (unpaired) electrons. The summed E-state index contributed by atoms with van der Waals surface area (Å²) < 4.78 is 36.8. The molecule has 0 N–H and O–H groups in total. The second-order valence-electron chi connectivity index (χ2n) is 11.4. The molecule has 1 fully saturated rings. The van der Waals surface area contributed by atoms with Crippen LogP contribution in [0.15, 0.2) is 38.1 Å². The molecule has 0 saturated heterocycles. The Kier molecular flexibility index (Phi) is 6.89. The minimum atomic E-state index is -4.15. The van der Waals surface area contributed by atoms with E-state index in [9.17, 15) is 22.8 Å². The molecule has 10 nitrogen and oxygen atoms in total. The Labute approximate surface area is 250 Å². The molecule has 0 unspecified atom stereocenters. The maximum Gasteiger partial charge on any atom is 0.332 e. The van der Waals surface area contributed by atoms with Crippen molar-refractivity contribution in [1.82, 2.24) is 18.3 Å². The third kappa shape index (κ3) is 4.73. The second kappa shape index (κ2) is 10.4. The molecule has 3 aliphatic rings. The molecule has 42 heavy (non-hydrogen) atoms. The van der Waals surface area contributed by atoms with Gasteiger partial charge in [0.1, 0.15) is 14.0 Å². The Morgan fingerprint density at radius 2 is 1.86 bits per heavy atom. The molecule has 14 heteroatoms. The van der Waals surface area contributed by atoms with Gasteiger partial charge >= 0.3 is 13.1 Å². The highest BCUT2D eigenvalue weighted by Crippen LogP contribution is 2.44. The summed E-state index contributed by atoms with van der Waals surface area (Å²) in [6, 6.07) is 7.25. The van der Waals surface area contributed by atoms with Crippen molar-refractivity contribution in [2.75, 3.05) is 0 Å². The van der Waals surface area contributed by atoms with Crippen molar-refractivity contribution in [3.8, 4) is 0 Å². The number of hydrogen-bond acceptors (Lipinski definition) is 9. The van der Waals surface area contributed by atoms with Crippen LogP contribution in [0.3, 0.4) is 0 Å². The van der Waals surface area contributed by atoms with Gasteiger partial charge in [0.25, 0.3) is 5.56 Å². The topological polar surface area (TPSA) is 121 Å². The van der Waals surface area contributed by atoms with Crippen LogP contribution < -0.4 is 11.2 Å². The standard InChI is InChI=1S/C28H28BN4O6S3/c1-28(8-9-28)33(29-16-34)42(37,38)24-11-20-25(35)31(13-23-30-21-4-2-3-5-22(21)40-23)27(36)32(26(20)41-24)12-17-6-7-18-14-39-15-19(18)10-17/h6-7,10-11,16H,2-5,8-9,12-15H2,1H3. The normalized spacial score (nSPS) is 17.4. The van der Waals surface area contributed by atoms with Gasteiger partial charge in [0.05, 0.1) is 43.6 Å². The summed E-state index contributed by atoms with van der Waals surface area (Å²) in [5.41, 5.74) is 2.27. The van der Waals surface area contributed by atoms with Gasteiger partial charge in [-0.2, -0.15) is 0 Å². The zero-order chi connectivity index (χ0) is 29.2. The van der Waals surface area contributed by atoms with Crippen molar-refractivity contribution in [3.05, 3.63) is 77.4 Å². The van der Waals surface area contributed by atoms with Crippen molar-refractivity contribution in [2.24, 2.45) is 0 Å². The van der Waals surface area contributed by atoms with Crippen molar-refractivity contribution in [1.29, 1.82) is 0 Å². The van der Waals surface area contributed by atoms with E-state index >= 15 is 0 Å². The predicted octanol–water partition coefficient (Wildman–Crippen LogP) is 3.04. The molecule has 7 rings (SSSR count). The molecule has 1 saturated carbocycles. The number of rotatable bonds is 9. The molecule has 2 aliphatic carbocycles. The summed E-state index contributed by atoms with van der Waals surface area (Å²) in [7, 11) is -3.11. The molecule has 3 aromatic heterocycles. The van der Waals surface area contributed by atoms with Crippen molar-refractivity contribution in [3.63, 3.8) is 0 Å². The lowest BCUT2D eigenvalue weighted by Gasteiger charge is -2.25. The minimum absolute atomic E-state index is 0.0182. The van der Waals surface area contributed by atoms with E-state index in [1.807, 2.05) is 18.2 Å². The molecule has 0 amide bonds. The van der Waals surface area contributed by atoms with Crippen LogP contribution in [-0.2, 0) is 58.7 Å². The summed E-state index contributed by atoms with van der Waals surface area (Å²) in [5, 5.41) is 0.842. The smallest absolute Gasteiger partial charge is 0.332 e. The molecule has 1 aromatic carbocycles. The van der Waals surface area contributed by atoms with Crippen LogP contribution in [0.1, 0.15) is 64.9 Å². The lowest BCUT2D eigenvalue weighted by molar-refractivity contribution is 0.134. The van der Waals surface area contributed by atoms with Gasteiger partial charge in [-0.1, -0.05) is 18.2 Å². The molecule has 217 valence electrons. The quantitative estimate of drug-likeness (QED) is 0.208. The maximum absolute atomic E-state index is 14.0. The Morgan fingerprint density at radius 3 is 2.62 bits per heavy atom. The zero-order valence-corrected chi connectivity index (χ0v) is 25.4. The van der Waals surface area contributed by atoms with Crippen LogP contribution in [0.2, 0.25) is 0 Å². The Hall–Kier alpha value is -2.91. The lowest BCUT2D eigenvalue weighted by Crippen LogP contribution is -2.43. The van der Waals surface area contributed by atoms with E-state index in [4.69, 9.17) is 9.72 Å². The van der Waals surface area contributed by atoms with Crippen LogP contribution in [0, 0.1) is 0 Å². The van der Waals surface area contributed by atoms with E-state index in [2.05, 4.69) is 0 Å². The van der Waals surface area contributed by atoms with Gasteiger partial charge in [-0.05, 0) is 68.2 Å². The fourth-order valence-electron chi connectivity index (χ4n) is 5.80. The van der Waals surface area contributed by atoms with Gasteiger partial charge in [-0.15, -0.1) is 22.7 Å². The Bertz CT molecular complexity index is 1950. The van der Waals surface area contributed by atoms with Gasteiger partial charge in [-0.25, -0.2) is 22.4 Å². The summed E-state index contributed by atoms with van der Waals surface area (Å²) in [5.74, 6) is 0. The van der Waals surface area contributed by atoms with E-state index < -0.39 is 26.8 Å². The number of carbonyl (C=O) groups is 1. The second-order valence-corrected chi connectivity index (χ2v) is 15.6. The first-order valence-electron chi connectivity index (χ1n) is 13.9. The molecule has 4 aromatic rings. The molecule has 1 aliphatic heterocycles. The van der Waals surface area contributed by atoms with Gasteiger partial charge in [-0.3, -0.25) is 13.9 Å². The fraction of sp³-hybridized carbons (Fsp3) is 0.429. The summed E-state index contributed by atoms with van der Waals surface area (Å²) >= 11 is 2.42. The largest absolute Gasteiger partial charge is 0.372 e. The number of ether oxygens (including phenoxy) is 1. The first-order valence-corrected chi connectivity index (χ1v) is 17.0. The van der Waals surface area contributed by atoms with Crippen LogP contribution in [-0.4, -0.2) is 45.9 Å². The van der Waals surface area contributed by atoms with Crippen LogP contribution in [0.25, 0.3) is 10.2 Å². The third-order valence-electron chi connectivity index (χ3n) is 8.40. The highest BCUT2D eigenvalue weighted by atomic mass is 32.2. The molecular formula is C28H28BN4O6S3. The average Bonchev–Trinajstić information content (AvgIpc) is 3.36. The molecular weight excluding hydrogens is 595 g/mol. The van der Waals surface area contributed by atoms with E-state index in [1.54, 1.807) is 6.92 Å². The van der Waals surface area contributed by atoms with Gasteiger partial charge < -0.3 is 9.53 Å². The van der Waals surface area contributed by atoms with Gasteiger partial charge in [0, 0.05) is 10.4 Å². The number of thiophene rings is 1. The monoisotopic (exact) mass is 623 g/mol. The number of aromatic nitrogens is 3. The summed E-state index contributed by atoms with van der Waals surface area (Å²) in [6.45, 7) is 2.99. The summed E-state index contributed by atoms with van der Waals surface area (Å²) in [4.78, 5) is 45.5. The highest BCUT2D eigenvalue weighted by molar-refractivity contribution is 7.92. The maximum atomic E-state index is 14.0. The SMILES string of the molecule is CC1(N([B]C=O)S(=O)(=O)c2cc3c(=O)n(Cc4nc5c(s4)CCCC5)c(=O)n(Cc4ccc5c(c4)COC5)c3s2)CC1. The number of fused-ring (bicyclic) bond motifs is 3. The van der Waals surface area contributed by atoms with Crippen LogP contribution in [0.4, 0.5) is 0 Å². The van der Waals surface area contributed by atoms with Crippen molar-refractivity contribution >= 4 is 56.5 Å². The third-order valence-corrected chi connectivity index (χ3v) is 13.1.